The number of nitrogens with one attached hydrogen (secondary N) is 1. The van der Waals surface area contributed by atoms with Crippen molar-refractivity contribution < 1.29 is 13.2 Å². The molecule has 1 aromatic carbocycles. The van der Waals surface area contributed by atoms with Gasteiger partial charge in [-0.3, -0.25) is 4.79 Å². The molecule has 1 aliphatic rings. The van der Waals surface area contributed by atoms with Gasteiger partial charge in [0.1, 0.15) is 0 Å². The highest BCUT2D eigenvalue weighted by molar-refractivity contribution is 8.13. The Balaban J connectivity index is 2.36. The summed E-state index contributed by atoms with van der Waals surface area (Å²) in [5.74, 6) is 0.964. The summed E-state index contributed by atoms with van der Waals surface area (Å²) in [6, 6.07) is 1.69. The van der Waals surface area contributed by atoms with Crippen LogP contribution in [0.5, 0.6) is 0 Å². The molecule has 1 amide bonds. The fourth-order valence-electron chi connectivity index (χ4n) is 2.89. The number of carbonyl (C=O) groups excluding carboxylic acids is 1. The van der Waals surface area contributed by atoms with Crippen LogP contribution in [0.1, 0.15) is 40.4 Å². The monoisotopic (exact) mass is 329 g/mol. The molecule has 1 fully saturated rings. The molecule has 0 spiro atoms. The molecule has 1 aromatic rings. The molecule has 116 valence electrons. The summed E-state index contributed by atoms with van der Waals surface area (Å²) in [6.45, 7) is 7.90. The fourth-order valence-corrected chi connectivity index (χ4v) is 4.51. The maximum Gasteiger partial charge on any atom is 0.261 e. The van der Waals surface area contributed by atoms with Crippen LogP contribution in [0, 0.1) is 32.6 Å². The topological polar surface area (TPSA) is 63.2 Å². The van der Waals surface area contributed by atoms with Crippen LogP contribution in [0.4, 0.5) is 0 Å². The second-order valence-electron chi connectivity index (χ2n) is 5.96. The first-order valence-corrected chi connectivity index (χ1v) is 9.27. The summed E-state index contributed by atoms with van der Waals surface area (Å²) in [7, 11) is 1.62. The summed E-state index contributed by atoms with van der Waals surface area (Å²) in [5.41, 5.74) is 2.15. The van der Waals surface area contributed by atoms with Crippen LogP contribution in [0.3, 0.4) is 0 Å². The van der Waals surface area contributed by atoms with Crippen LogP contribution in [0.2, 0.25) is 0 Å². The Bertz CT molecular complexity index is 697. The first-order valence-electron chi connectivity index (χ1n) is 6.96. The summed E-state index contributed by atoms with van der Waals surface area (Å²) in [4.78, 5) is 12.4. The first kappa shape index (κ1) is 16.3. The number of amides is 1. The van der Waals surface area contributed by atoms with Gasteiger partial charge in [0.25, 0.3) is 15.0 Å². The molecule has 1 N–H and O–H groups in total. The fraction of sp³-hybridized carbons (Fsp3) is 0.533. The second kappa shape index (κ2) is 5.61. The van der Waals surface area contributed by atoms with Crippen molar-refractivity contribution in [3.8, 4) is 0 Å². The number of halogens is 1. The maximum atomic E-state index is 12.4. The van der Waals surface area contributed by atoms with Crippen LogP contribution in [0.15, 0.2) is 11.0 Å². The zero-order chi connectivity index (χ0) is 15.9. The van der Waals surface area contributed by atoms with E-state index >= 15 is 0 Å². The van der Waals surface area contributed by atoms with Gasteiger partial charge in [0.2, 0.25) is 0 Å². The van der Waals surface area contributed by atoms with Crippen LogP contribution in [0.25, 0.3) is 0 Å². The number of hydrogen-bond acceptors (Lipinski definition) is 3. The molecule has 2 atom stereocenters. The molecule has 0 bridgehead atoms. The third kappa shape index (κ3) is 3.40. The van der Waals surface area contributed by atoms with Crippen molar-refractivity contribution in [3.63, 3.8) is 0 Å². The van der Waals surface area contributed by atoms with E-state index < -0.39 is 9.05 Å². The SMILES string of the molecule is Cc1cc(C)c(S(=O)(=O)Cl)c(C)c1C(=O)NCC1CC1C. The lowest BCUT2D eigenvalue weighted by atomic mass is 9.99. The Kier molecular flexibility index (Phi) is 4.36. The Morgan fingerprint density at radius 2 is 1.90 bits per heavy atom. The molecule has 0 heterocycles. The van der Waals surface area contributed by atoms with Gasteiger partial charge in [-0.15, -0.1) is 0 Å². The van der Waals surface area contributed by atoms with E-state index in [1.807, 2.05) is 0 Å². The lowest BCUT2D eigenvalue weighted by molar-refractivity contribution is 0.0950. The molecule has 2 rings (SSSR count). The van der Waals surface area contributed by atoms with Gasteiger partial charge in [-0.05, 0) is 55.7 Å². The van der Waals surface area contributed by atoms with E-state index in [0.29, 0.717) is 35.1 Å². The Hall–Kier alpha value is -1.07. The van der Waals surface area contributed by atoms with Crippen molar-refractivity contribution in [1.82, 2.24) is 5.32 Å². The molecule has 1 saturated carbocycles. The standard InChI is InChI=1S/C15H20ClNO3S/c1-8-6-12(8)7-17-15(18)13-9(2)5-10(3)14(11(13)4)21(16,19)20/h5,8,12H,6-7H2,1-4H3,(H,17,18). The van der Waals surface area contributed by atoms with Crippen molar-refractivity contribution in [1.29, 1.82) is 0 Å². The van der Waals surface area contributed by atoms with Gasteiger partial charge in [-0.1, -0.05) is 13.0 Å². The number of rotatable bonds is 4. The molecular formula is C15H20ClNO3S. The van der Waals surface area contributed by atoms with Gasteiger partial charge >= 0.3 is 0 Å². The summed E-state index contributed by atoms with van der Waals surface area (Å²) >= 11 is 0. The van der Waals surface area contributed by atoms with E-state index in [-0.39, 0.29) is 10.8 Å². The van der Waals surface area contributed by atoms with Gasteiger partial charge in [-0.2, -0.15) is 0 Å². The van der Waals surface area contributed by atoms with Gasteiger partial charge < -0.3 is 5.32 Å². The van der Waals surface area contributed by atoms with Gasteiger partial charge in [0.05, 0.1) is 4.90 Å². The van der Waals surface area contributed by atoms with E-state index in [1.165, 1.54) is 0 Å². The molecular weight excluding hydrogens is 310 g/mol. The van der Waals surface area contributed by atoms with Crippen LogP contribution < -0.4 is 5.32 Å². The molecule has 0 aliphatic heterocycles. The predicted molar refractivity (Wildman–Crippen MR) is 83.3 cm³/mol. The molecule has 2 unspecified atom stereocenters. The smallest absolute Gasteiger partial charge is 0.261 e. The van der Waals surface area contributed by atoms with Crippen molar-refractivity contribution >= 4 is 25.6 Å². The number of aryl methyl sites for hydroxylation is 2. The number of hydrogen-bond donors (Lipinski definition) is 1. The lowest BCUT2D eigenvalue weighted by Crippen LogP contribution is -2.28. The second-order valence-corrected chi connectivity index (χ2v) is 8.46. The van der Waals surface area contributed by atoms with E-state index in [4.69, 9.17) is 10.7 Å². The molecule has 6 heteroatoms. The minimum absolute atomic E-state index is 0.0414. The van der Waals surface area contributed by atoms with E-state index in [1.54, 1.807) is 26.8 Å². The predicted octanol–water partition coefficient (Wildman–Crippen LogP) is 2.93. The maximum absolute atomic E-state index is 12.4. The average molecular weight is 330 g/mol. The lowest BCUT2D eigenvalue weighted by Gasteiger charge is -2.15. The van der Waals surface area contributed by atoms with Crippen molar-refractivity contribution in [3.05, 3.63) is 28.3 Å². The van der Waals surface area contributed by atoms with Crippen LogP contribution in [-0.2, 0) is 9.05 Å². The third-order valence-electron chi connectivity index (χ3n) is 4.17. The number of benzene rings is 1. The molecule has 1 aliphatic carbocycles. The molecule has 4 nitrogen and oxygen atoms in total. The normalized spacial score (nSPS) is 21.2. The van der Waals surface area contributed by atoms with E-state index in [9.17, 15) is 13.2 Å². The molecule has 0 radical (unpaired) electrons. The summed E-state index contributed by atoms with van der Waals surface area (Å²) in [6.07, 6.45) is 1.13. The van der Waals surface area contributed by atoms with E-state index in [2.05, 4.69) is 12.2 Å². The molecule has 0 aromatic heterocycles. The van der Waals surface area contributed by atoms with Crippen LogP contribution in [-0.4, -0.2) is 20.9 Å². The molecule has 21 heavy (non-hydrogen) atoms. The summed E-state index contributed by atoms with van der Waals surface area (Å²) in [5, 5.41) is 2.89. The quantitative estimate of drug-likeness (QED) is 0.864. The Morgan fingerprint density at radius 3 is 2.38 bits per heavy atom. The number of carbonyl (C=O) groups is 1. The highest BCUT2D eigenvalue weighted by atomic mass is 35.7. The van der Waals surface area contributed by atoms with Gasteiger partial charge in [0, 0.05) is 22.8 Å². The van der Waals surface area contributed by atoms with Crippen molar-refractivity contribution in [2.75, 3.05) is 6.54 Å². The Labute approximate surface area is 130 Å². The van der Waals surface area contributed by atoms with Crippen molar-refractivity contribution in [2.24, 2.45) is 11.8 Å². The zero-order valence-corrected chi connectivity index (χ0v) is 14.2. The third-order valence-corrected chi connectivity index (χ3v) is 5.75. The molecule has 0 saturated heterocycles. The minimum atomic E-state index is -3.87. The Morgan fingerprint density at radius 1 is 1.33 bits per heavy atom. The largest absolute Gasteiger partial charge is 0.352 e. The van der Waals surface area contributed by atoms with E-state index in [0.717, 1.165) is 12.0 Å². The van der Waals surface area contributed by atoms with Gasteiger partial charge in [-0.25, -0.2) is 8.42 Å². The highest BCUT2D eigenvalue weighted by Gasteiger charge is 2.33. The van der Waals surface area contributed by atoms with Gasteiger partial charge in [0.15, 0.2) is 0 Å². The zero-order valence-electron chi connectivity index (χ0n) is 12.7. The van der Waals surface area contributed by atoms with Crippen LogP contribution >= 0.6 is 10.7 Å². The summed E-state index contributed by atoms with van der Waals surface area (Å²) < 4.78 is 23.4. The average Bonchev–Trinajstić information content (AvgIpc) is 2.99. The minimum Gasteiger partial charge on any atom is -0.352 e. The first-order chi connectivity index (χ1) is 9.62. The highest BCUT2D eigenvalue weighted by Crippen LogP contribution is 2.37. The van der Waals surface area contributed by atoms with Crippen molar-refractivity contribution in [2.45, 2.75) is 39.0 Å².